The normalized spacial score (nSPS) is 17.7. The van der Waals surface area contributed by atoms with Crippen LogP contribution in [0.15, 0.2) is 6.07 Å². The van der Waals surface area contributed by atoms with Crippen molar-refractivity contribution in [3.63, 3.8) is 0 Å². The van der Waals surface area contributed by atoms with Gasteiger partial charge < -0.3 is 5.32 Å². The maximum absolute atomic E-state index is 11.9. The third-order valence-electron chi connectivity index (χ3n) is 2.84. The fourth-order valence-electron chi connectivity index (χ4n) is 1.69. The van der Waals surface area contributed by atoms with Crippen molar-refractivity contribution in [2.75, 3.05) is 0 Å². The van der Waals surface area contributed by atoms with Crippen LogP contribution in [-0.4, -0.2) is 21.6 Å². The van der Waals surface area contributed by atoms with Crippen LogP contribution in [-0.2, 0) is 0 Å². The summed E-state index contributed by atoms with van der Waals surface area (Å²) in [6.07, 6.45) is 3.12. The number of halogens is 2. The average Bonchev–Trinajstić information content (AvgIpc) is 2.19. The van der Waals surface area contributed by atoms with E-state index in [-0.39, 0.29) is 27.3 Å². The van der Waals surface area contributed by atoms with E-state index >= 15 is 0 Å². The lowest BCUT2D eigenvalue weighted by Crippen LogP contribution is -2.51. The van der Waals surface area contributed by atoms with Crippen molar-refractivity contribution in [2.45, 2.75) is 31.7 Å². The highest BCUT2D eigenvalue weighted by Gasteiger charge is 2.33. The molecule has 0 spiro atoms. The second-order valence-corrected chi connectivity index (χ2v) is 4.99. The second-order valence-electron chi connectivity index (χ2n) is 4.24. The molecule has 1 heterocycles. The van der Waals surface area contributed by atoms with Gasteiger partial charge in [-0.3, -0.25) is 4.79 Å². The Bertz CT molecular complexity index is 432. The number of hydrogen-bond donors (Lipinski definition) is 1. The summed E-state index contributed by atoms with van der Waals surface area (Å²) in [6.45, 7) is 2.01. The van der Waals surface area contributed by atoms with Crippen LogP contribution >= 0.6 is 23.2 Å². The Morgan fingerprint density at radius 1 is 1.44 bits per heavy atom. The molecule has 0 atom stereocenters. The van der Waals surface area contributed by atoms with Gasteiger partial charge in [0.25, 0.3) is 5.91 Å². The predicted octanol–water partition coefficient (Wildman–Crippen LogP) is 2.46. The largest absolute Gasteiger partial charge is 0.347 e. The Kier molecular flexibility index (Phi) is 3.04. The molecule has 4 nitrogen and oxygen atoms in total. The third-order valence-corrected chi connectivity index (χ3v) is 3.30. The average molecular weight is 260 g/mol. The summed E-state index contributed by atoms with van der Waals surface area (Å²) in [4.78, 5) is 11.9. The van der Waals surface area contributed by atoms with Crippen LogP contribution in [0.4, 0.5) is 0 Å². The number of carbonyl (C=O) groups is 1. The summed E-state index contributed by atoms with van der Waals surface area (Å²) in [6, 6.07) is 1.42. The lowest BCUT2D eigenvalue weighted by atomic mass is 9.78. The maximum Gasteiger partial charge on any atom is 0.255 e. The molecule has 0 aromatic carbocycles. The molecule has 0 saturated heterocycles. The summed E-state index contributed by atoms with van der Waals surface area (Å²) in [7, 11) is 0. The van der Waals surface area contributed by atoms with E-state index in [9.17, 15) is 4.79 Å². The molecule has 86 valence electrons. The molecule has 2 rings (SSSR count). The van der Waals surface area contributed by atoms with Gasteiger partial charge in [0.15, 0.2) is 10.3 Å². The number of amides is 1. The topological polar surface area (TPSA) is 54.9 Å². The molecule has 1 amide bonds. The van der Waals surface area contributed by atoms with E-state index in [1.807, 2.05) is 6.92 Å². The summed E-state index contributed by atoms with van der Waals surface area (Å²) >= 11 is 11.5. The number of carbonyl (C=O) groups excluding carboxylic acids is 1. The number of nitrogens with zero attached hydrogens (tertiary/aromatic N) is 2. The lowest BCUT2D eigenvalue weighted by molar-refractivity contribution is 0.0850. The first-order valence-corrected chi connectivity index (χ1v) is 5.77. The molecule has 1 aliphatic carbocycles. The summed E-state index contributed by atoms with van der Waals surface area (Å²) in [5.74, 6) is -0.246. The molecule has 16 heavy (non-hydrogen) atoms. The van der Waals surface area contributed by atoms with Crippen LogP contribution in [0.5, 0.6) is 0 Å². The Morgan fingerprint density at radius 3 is 2.69 bits per heavy atom. The van der Waals surface area contributed by atoms with E-state index < -0.39 is 0 Å². The summed E-state index contributed by atoms with van der Waals surface area (Å²) in [5, 5.41) is 10.3. The SMILES string of the molecule is CC1(NC(=O)c2cc(Cl)nnc2Cl)CCC1. The molecule has 0 bridgehead atoms. The van der Waals surface area contributed by atoms with Crippen molar-refractivity contribution in [1.29, 1.82) is 0 Å². The minimum absolute atomic E-state index is 0.0739. The zero-order chi connectivity index (χ0) is 11.8. The smallest absolute Gasteiger partial charge is 0.255 e. The maximum atomic E-state index is 11.9. The molecule has 0 aliphatic heterocycles. The van der Waals surface area contributed by atoms with Gasteiger partial charge in [0, 0.05) is 5.54 Å². The minimum Gasteiger partial charge on any atom is -0.347 e. The first kappa shape index (κ1) is 11.6. The summed E-state index contributed by atoms with van der Waals surface area (Å²) in [5.41, 5.74) is 0.158. The fourth-order valence-corrected chi connectivity index (χ4v) is 2.01. The number of rotatable bonds is 2. The van der Waals surface area contributed by atoms with Crippen molar-refractivity contribution in [2.24, 2.45) is 0 Å². The molecule has 1 N–H and O–H groups in total. The molecule has 1 aliphatic rings. The van der Waals surface area contributed by atoms with E-state index in [2.05, 4.69) is 15.5 Å². The van der Waals surface area contributed by atoms with Gasteiger partial charge in [-0.2, -0.15) is 0 Å². The van der Waals surface area contributed by atoms with Gasteiger partial charge in [-0.15, -0.1) is 10.2 Å². The van der Waals surface area contributed by atoms with E-state index in [0.29, 0.717) is 0 Å². The van der Waals surface area contributed by atoms with Crippen LogP contribution in [0.25, 0.3) is 0 Å². The molecule has 1 aromatic heterocycles. The quantitative estimate of drug-likeness (QED) is 0.888. The minimum atomic E-state index is -0.246. The highest BCUT2D eigenvalue weighted by atomic mass is 35.5. The van der Waals surface area contributed by atoms with Crippen LogP contribution in [0.1, 0.15) is 36.5 Å². The van der Waals surface area contributed by atoms with E-state index in [1.54, 1.807) is 0 Å². The predicted molar refractivity (Wildman–Crippen MR) is 61.8 cm³/mol. The van der Waals surface area contributed by atoms with Gasteiger partial charge in [-0.05, 0) is 32.3 Å². The second kappa shape index (κ2) is 4.18. The van der Waals surface area contributed by atoms with Gasteiger partial charge in [-0.25, -0.2) is 0 Å². The monoisotopic (exact) mass is 259 g/mol. The molecular formula is C10H11Cl2N3O. The Labute approximate surface area is 103 Å². The zero-order valence-electron chi connectivity index (χ0n) is 8.76. The van der Waals surface area contributed by atoms with E-state index in [0.717, 1.165) is 19.3 Å². The number of nitrogens with one attached hydrogen (secondary N) is 1. The van der Waals surface area contributed by atoms with E-state index in [4.69, 9.17) is 23.2 Å². The van der Waals surface area contributed by atoms with Crippen molar-refractivity contribution in [3.05, 3.63) is 21.9 Å². The van der Waals surface area contributed by atoms with Crippen LogP contribution in [0, 0.1) is 0 Å². The third kappa shape index (κ3) is 2.28. The van der Waals surface area contributed by atoms with Crippen molar-refractivity contribution in [1.82, 2.24) is 15.5 Å². The Morgan fingerprint density at radius 2 is 2.12 bits per heavy atom. The van der Waals surface area contributed by atoms with Gasteiger partial charge >= 0.3 is 0 Å². The number of hydrogen-bond acceptors (Lipinski definition) is 3. The molecule has 0 radical (unpaired) electrons. The van der Waals surface area contributed by atoms with Crippen molar-refractivity contribution in [3.8, 4) is 0 Å². The van der Waals surface area contributed by atoms with Gasteiger partial charge in [0.2, 0.25) is 0 Å². The lowest BCUT2D eigenvalue weighted by Gasteiger charge is -2.39. The number of aromatic nitrogens is 2. The first-order chi connectivity index (χ1) is 7.50. The molecule has 1 fully saturated rings. The van der Waals surface area contributed by atoms with Gasteiger partial charge in [0.05, 0.1) is 5.56 Å². The Hall–Kier alpha value is -0.870. The molecule has 6 heteroatoms. The van der Waals surface area contributed by atoms with Crippen molar-refractivity contribution >= 4 is 29.1 Å². The molecule has 1 aromatic rings. The van der Waals surface area contributed by atoms with Crippen molar-refractivity contribution < 1.29 is 4.79 Å². The van der Waals surface area contributed by atoms with Crippen LogP contribution in [0.3, 0.4) is 0 Å². The highest BCUT2D eigenvalue weighted by Crippen LogP contribution is 2.31. The molecule has 1 saturated carbocycles. The summed E-state index contributed by atoms with van der Waals surface area (Å²) < 4.78 is 0. The van der Waals surface area contributed by atoms with Crippen LogP contribution < -0.4 is 5.32 Å². The molecule has 0 unspecified atom stereocenters. The van der Waals surface area contributed by atoms with E-state index in [1.165, 1.54) is 6.07 Å². The highest BCUT2D eigenvalue weighted by molar-refractivity contribution is 6.34. The van der Waals surface area contributed by atoms with Crippen LogP contribution in [0.2, 0.25) is 10.3 Å². The molecular weight excluding hydrogens is 249 g/mol. The fraction of sp³-hybridized carbons (Fsp3) is 0.500. The van der Waals surface area contributed by atoms with Gasteiger partial charge in [0.1, 0.15) is 0 Å². The van der Waals surface area contributed by atoms with Gasteiger partial charge in [-0.1, -0.05) is 23.2 Å². The first-order valence-electron chi connectivity index (χ1n) is 5.01. The Balaban J connectivity index is 2.17. The standard InChI is InChI=1S/C10H11Cl2N3O/c1-10(3-2-4-10)13-9(16)6-5-7(11)14-15-8(6)12/h5H,2-4H2,1H3,(H,13,16). The zero-order valence-corrected chi connectivity index (χ0v) is 10.3.